The van der Waals surface area contributed by atoms with Crippen LogP contribution in [0.5, 0.6) is 5.75 Å². The summed E-state index contributed by atoms with van der Waals surface area (Å²) in [5.41, 5.74) is 2.13. The number of ether oxygens (including phenoxy) is 1. The molecule has 0 saturated heterocycles. The van der Waals surface area contributed by atoms with Gasteiger partial charge in [0.25, 0.3) is 0 Å². The normalized spacial score (nSPS) is 9.08. The van der Waals surface area contributed by atoms with E-state index in [1.54, 1.807) is 7.11 Å². The Hall–Kier alpha value is -1.49. The number of aryl methyl sites for hydroxylation is 1. The van der Waals surface area contributed by atoms with E-state index in [1.165, 1.54) is 0 Å². The average Bonchev–Trinajstić information content (AvgIpc) is 2.05. The molecular weight excluding hydrogens is 150 g/mol. The molecule has 62 valence electrons. The second kappa shape index (κ2) is 3.77. The molecule has 0 aliphatic rings. The lowest BCUT2D eigenvalue weighted by atomic mass is 10.1. The summed E-state index contributed by atoms with van der Waals surface area (Å²) in [5, 5.41) is 0. The van der Waals surface area contributed by atoms with Gasteiger partial charge in [-0.15, -0.1) is 0 Å². The van der Waals surface area contributed by atoms with Crippen molar-refractivity contribution in [2.45, 2.75) is 13.5 Å². The molecule has 0 fully saturated rings. The summed E-state index contributed by atoms with van der Waals surface area (Å²) in [7, 11) is 1.62. The van der Waals surface area contributed by atoms with Crippen LogP contribution in [0.25, 0.3) is 4.85 Å². The fourth-order valence-corrected chi connectivity index (χ4v) is 1.12. The SMILES string of the molecule is [C-]#[N+]Cc1cc(C)ccc1OC. The zero-order valence-electron chi connectivity index (χ0n) is 7.29. The minimum absolute atomic E-state index is 0.394. The van der Waals surface area contributed by atoms with E-state index >= 15 is 0 Å². The van der Waals surface area contributed by atoms with Crippen molar-refractivity contribution >= 4 is 0 Å². The summed E-state index contributed by atoms with van der Waals surface area (Å²) in [5.74, 6) is 0.802. The minimum Gasteiger partial charge on any atom is -0.496 e. The van der Waals surface area contributed by atoms with Crippen LogP contribution >= 0.6 is 0 Å². The Morgan fingerprint density at radius 3 is 2.83 bits per heavy atom. The van der Waals surface area contributed by atoms with Crippen LogP contribution in [0.3, 0.4) is 0 Å². The van der Waals surface area contributed by atoms with E-state index in [0.717, 1.165) is 16.9 Å². The summed E-state index contributed by atoms with van der Waals surface area (Å²) in [6.07, 6.45) is 0. The van der Waals surface area contributed by atoms with Crippen LogP contribution in [-0.4, -0.2) is 7.11 Å². The molecule has 0 N–H and O–H groups in total. The third kappa shape index (κ3) is 1.76. The summed E-state index contributed by atoms with van der Waals surface area (Å²) in [6, 6.07) is 5.86. The molecule has 1 aromatic carbocycles. The number of nitrogens with zero attached hydrogens (tertiary/aromatic N) is 1. The van der Waals surface area contributed by atoms with Crippen LogP contribution in [0.15, 0.2) is 18.2 Å². The Kier molecular flexibility index (Phi) is 2.71. The van der Waals surface area contributed by atoms with Gasteiger partial charge in [-0.2, -0.15) is 0 Å². The number of rotatable bonds is 2. The van der Waals surface area contributed by atoms with Crippen molar-refractivity contribution in [2.24, 2.45) is 0 Å². The lowest BCUT2D eigenvalue weighted by Gasteiger charge is -2.03. The van der Waals surface area contributed by atoms with Gasteiger partial charge in [-0.3, -0.25) is 0 Å². The fourth-order valence-electron chi connectivity index (χ4n) is 1.12. The molecule has 2 nitrogen and oxygen atoms in total. The number of hydrogen-bond acceptors (Lipinski definition) is 1. The molecule has 0 saturated carbocycles. The van der Waals surface area contributed by atoms with Crippen molar-refractivity contribution in [3.63, 3.8) is 0 Å². The van der Waals surface area contributed by atoms with E-state index in [4.69, 9.17) is 11.3 Å². The van der Waals surface area contributed by atoms with Crippen molar-refractivity contribution in [2.75, 3.05) is 7.11 Å². The molecule has 0 aliphatic carbocycles. The van der Waals surface area contributed by atoms with Gasteiger partial charge in [0, 0.05) is 0 Å². The first kappa shape index (κ1) is 8.61. The van der Waals surface area contributed by atoms with Crippen LogP contribution in [0.4, 0.5) is 0 Å². The van der Waals surface area contributed by atoms with Crippen LogP contribution in [0, 0.1) is 13.5 Å². The maximum Gasteiger partial charge on any atom is 0.243 e. The molecule has 0 aliphatic heterocycles. The third-order valence-corrected chi connectivity index (χ3v) is 1.69. The first-order valence-corrected chi connectivity index (χ1v) is 3.74. The number of hydrogen-bond donors (Lipinski definition) is 0. The van der Waals surface area contributed by atoms with Crippen molar-refractivity contribution in [1.82, 2.24) is 0 Å². The second-order valence-electron chi connectivity index (χ2n) is 2.63. The van der Waals surface area contributed by atoms with Gasteiger partial charge in [0.15, 0.2) is 0 Å². The first-order chi connectivity index (χ1) is 5.77. The van der Waals surface area contributed by atoms with Gasteiger partial charge in [0.2, 0.25) is 6.54 Å². The monoisotopic (exact) mass is 161 g/mol. The second-order valence-corrected chi connectivity index (χ2v) is 2.63. The molecule has 1 aromatic rings. The summed E-state index contributed by atoms with van der Waals surface area (Å²) >= 11 is 0. The van der Waals surface area contributed by atoms with E-state index in [2.05, 4.69) is 4.85 Å². The molecule has 0 bridgehead atoms. The largest absolute Gasteiger partial charge is 0.496 e. The van der Waals surface area contributed by atoms with Crippen LogP contribution in [0.1, 0.15) is 11.1 Å². The maximum absolute atomic E-state index is 6.75. The molecule has 0 unspecified atom stereocenters. The number of methoxy groups -OCH3 is 1. The topological polar surface area (TPSA) is 13.6 Å². The van der Waals surface area contributed by atoms with Gasteiger partial charge in [0.1, 0.15) is 5.75 Å². The van der Waals surface area contributed by atoms with Crippen molar-refractivity contribution in [3.8, 4) is 5.75 Å². The molecule has 2 heteroatoms. The van der Waals surface area contributed by atoms with E-state index in [0.29, 0.717) is 6.54 Å². The lowest BCUT2D eigenvalue weighted by molar-refractivity contribution is 0.410. The van der Waals surface area contributed by atoms with E-state index in [9.17, 15) is 0 Å². The molecule has 0 aromatic heterocycles. The zero-order valence-corrected chi connectivity index (χ0v) is 7.29. The van der Waals surface area contributed by atoms with Crippen molar-refractivity contribution in [3.05, 3.63) is 40.7 Å². The van der Waals surface area contributed by atoms with Crippen molar-refractivity contribution < 1.29 is 4.74 Å². The standard InChI is InChI=1S/C10H11NO/c1-8-4-5-10(12-3)9(6-8)7-11-2/h4-6H,7H2,1,3H3. The Balaban J connectivity index is 3.05. The Morgan fingerprint density at radius 2 is 2.25 bits per heavy atom. The van der Waals surface area contributed by atoms with Crippen LogP contribution in [0.2, 0.25) is 0 Å². The zero-order chi connectivity index (χ0) is 8.97. The predicted molar refractivity (Wildman–Crippen MR) is 48.0 cm³/mol. The molecular formula is C10H11NO. The highest BCUT2D eigenvalue weighted by atomic mass is 16.5. The van der Waals surface area contributed by atoms with E-state index in [-0.39, 0.29) is 0 Å². The molecule has 0 amide bonds. The van der Waals surface area contributed by atoms with Gasteiger partial charge in [-0.25, -0.2) is 6.57 Å². The highest BCUT2D eigenvalue weighted by molar-refractivity contribution is 5.37. The quantitative estimate of drug-likeness (QED) is 0.607. The Labute approximate surface area is 72.6 Å². The molecule has 12 heavy (non-hydrogen) atoms. The Bertz CT molecular complexity index is 312. The lowest BCUT2D eigenvalue weighted by Crippen LogP contribution is -1.90. The number of benzene rings is 1. The van der Waals surface area contributed by atoms with E-state index < -0.39 is 0 Å². The van der Waals surface area contributed by atoms with Gasteiger partial charge in [-0.1, -0.05) is 11.6 Å². The maximum atomic E-state index is 6.75. The van der Waals surface area contributed by atoms with Crippen LogP contribution < -0.4 is 4.74 Å². The predicted octanol–water partition coefficient (Wildman–Crippen LogP) is 2.42. The highest BCUT2D eigenvalue weighted by Crippen LogP contribution is 2.20. The average molecular weight is 161 g/mol. The highest BCUT2D eigenvalue weighted by Gasteiger charge is 2.03. The van der Waals surface area contributed by atoms with Crippen LogP contribution in [-0.2, 0) is 6.54 Å². The van der Waals surface area contributed by atoms with E-state index in [1.807, 2.05) is 25.1 Å². The first-order valence-electron chi connectivity index (χ1n) is 3.74. The molecule has 1 rings (SSSR count). The summed E-state index contributed by atoms with van der Waals surface area (Å²) in [6.45, 7) is 9.15. The minimum atomic E-state index is 0.394. The molecule has 0 atom stereocenters. The van der Waals surface area contributed by atoms with Gasteiger partial charge in [-0.05, 0) is 19.1 Å². The Morgan fingerprint density at radius 1 is 1.50 bits per heavy atom. The summed E-state index contributed by atoms with van der Waals surface area (Å²) < 4.78 is 5.11. The van der Waals surface area contributed by atoms with Gasteiger partial charge >= 0.3 is 0 Å². The smallest absolute Gasteiger partial charge is 0.243 e. The molecule has 0 spiro atoms. The third-order valence-electron chi connectivity index (χ3n) is 1.69. The fraction of sp³-hybridized carbons (Fsp3) is 0.300. The summed E-state index contributed by atoms with van der Waals surface area (Å²) in [4.78, 5) is 3.33. The molecule has 0 heterocycles. The van der Waals surface area contributed by atoms with Gasteiger partial charge in [0.05, 0.1) is 12.7 Å². The molecule has 0 radical (unpaired) electrons. The van der Waals surface area contributed by atoms with Gasteiger partial charge < -0.3 is 9.58 Å². The van der Waals surface area contributed by atoms with Crippen molar-refractivity contribution in [1.29, 1.82) is 0 Å².